The molecule has 0 spiro atoms. The van der Waals surface area contributed by atoms with Crippen LogP contribution in [0.1, 0.15) is 40.6 Å². The summed E-state index contributed by atoms with van der Waals surface area (Å²) in [4.78, 5) is 37.0. The molecule has 0 aliphatic rings. The second kappa shape index (κ2) is 9.64. The summed E-state index contributed by atoms with van der Waals surface area (Å²) in [6.07, 6.45) is 1.67. The second-order valence-electron chi connectivity index (χ2n) is 6.41. The highest BCUT2D eigenvalue weighted by Gasteiger charge is 2.18. The summed E-state index contributed by atoms with van der Waals surface area (Å²) < 4.78 is 11.6. The van der Waals surface area contributed by atoms with E-state index in [4.69, 9.17) is 9.47 Å². The quantitative estimate of drug-likeness (QED) is 0.431. The molecule has 150 valence electrons. The van der Waals surface area contributed by atoms with E-state index in [-0.39, 0.29) is 24.5 Å². The zero-order chi connectivity index (χ0) is 20.6. The number of unbranched alkanes of at least 4 members (excludes halogenated alkanes) is 1. The highest BCUT2D eigenvalue weighted by molar-refractivity contribution is 6.02. The van der Waals surface area contributed by atoms with Crippen molar-refractivity contribution in [3.05, 3.63) is 76.2 Å². The molecule has 0 atom stereocenters. The monoisotopic (exact) mass is 394 g/mol. The van der Waals surface area contributed by atoms with Crippen molar-refractivity contribution in [2.24, 2.45) is 0 Å². The SMILES string of the molecule is CCCCn1nc(C(=O)OCCOC(=O)c2ccccc2)c2ccccc2c1=O. The molecule has 7 heteroatoms. The smallest absolute Gasteiger partial charge is 0.359 e. The number of hydrogen-bond acceptors (Lipinski definition) is 6. The molecule has 0 aliphatic carbocycles. The number of carbonyl (C=O) groups excluding carboxylic acids is 2. The van der Waals surface area contributed by atoms with Gasteiger partial charge < -0.3 is 9.47 Å². The minimum absolute atomic E-state index is 0.0747. The van der Waals surface area contributed by atoms with Crippen LogP contribution in [0.15, 0.2) is 59.4 Å². The van der Waals surface area contributed by atoms with Crippen LogP contribution in [0.2, 0.25) is 0 Å². The molecule has 3 aromatic rings. The lowest BCUT2D eigenvalue weighted by molar-refractivity contribution is 0.0262. The summed E-state index contributed by atoms with van der Waals surface area (Å²) in [7, 11) is 0. The van der Waals surface area contributed by atoms with Gasteiger partial charge in [-0.25, -0.2) is 14.3 Å². The topological polar surface area (TPSA) is 87.5 Å². The molecule has 0 bridgehead atoms. The zero-order valence-corrected chi connectivity index (χ0v) is 16.2. The number of nitrogens with zero attached hydrogens (tertiary/aromatic N) is 2. The number of fused-ring (bicyclic) bond motifs is 1. The fourth-order valence-corrected chi connectivity index (χ4v) is 2.84. The molecule has 1 heterocycles. The van der Waals surface area contributed by atoms with Crippen LogP contribution in [0.25, 0.3) is 10.8 Å². The minimum Gasteiger partial charge on any atom is -0.458 e. The third-order valence-electron chi connectivity index (χ3n) is 4.34. The van der Waals surface area contributed by atoms with E-state index < -0.39 is 11.9 Å². The number of rotatable bonds is 8. The van der Waals surface area contributed by atoms with Gasteiger partial charge in [-0.15, -0.1) is 0 Å². The summed E-state index contributed by atoms with van der Waals surface area (Å²) in [5, 5.41) is 5.08. The number of ether oxygens (including phenoxy) is 2. The number of hydrogen-bond donors (Lipinski definition) is 0. The van der Waals surface area contributed by atoms with Crippen LogP contribution in [0.3, 0.4) is 0 Å². The van der Waals surface area contributed by atoms with Crippen LogP contribution in [-0.2, 0) is 16.0 Å². The molecule has 0 amide bonds. The Bertz CT molecular complexity index is 1060. The van der Waals surface area contributed by atoms with Crippen LogP contribution in [0.4, 0.5) is 0 Å². The van der Waals surface area contributed by atoms with Crippen LogP contribution < -0.4 is 5.56 Å². The molecule has 2 aromatic carbocycles. The Hall–Kier alpha value is -3.48. The third-order valence-corrected chi connectivity index (χ3v) is 4.34. The van der Waals surface area contributed by atoms with E-state index in [0.29, 0.717) is 22.9 Å². The number of esters is 2. The van der Waals surface area contributed by atoms with E-state index >= 15 is 0 Å². The van der Waals surface area contributed by atoms with Crippen molar-refractivity contribution in [2.45, 2.75) is 26.3 Å². The second-order valence-corrected chi connectivity index (χ2v) is 6.41. The van der Waals surface area contributed by atoms with Gasteiger partial charge in [0.05, 0.1) is 10.9 Å². The molecule has 0 unspecified atom stereocenters. The van der Waals surface area contributed by atoms with Crippen molar-refractivity contribution in [3.8, 4) is 0 Å². The third kappa shape index (κ3) is 4.87. The molecule has 0 saturated carbocycles. The molecule has 1 aromatic heterocycles. The molecule has 0 fully saturated rings. The maximum absolute atomic E-state index is 12.6. The number of aromatic nitrogens is 2. The minimum atomic E-state index is -0.665. The molecule has 29 heavy (non-hydrogen) atoms. The van der Waals surface area contributed by atoms with E-state index in [1.54, 1.807) is 54.6 Å². The van der Waals surface area contributed by atoms with Crippen LogP contribution in [-0.4, -0.2) is 34.9 Å². The van der Waals surface area contributed by atoms with E-state index in [0.717, 1.165) is 12.8 Å². The molecule has 0 saturated heterocycles. The average molecular weight is 394 g/mol. The Morgan fingerprint density at radius 1 is 0.897 bits per heavy atom. The Morgan fingerprint density at radius 2 is 1.52 bits per heavy atom. The van der Waals surface area contributed by atoms with Gasteiger partial charge in [-0.3, -0.25) is 4.79 Å². The van der Waals surface area contributed by atoms with Crippen molar-refractivity contribution in [1.82, 2.24) is 9.78 Å². The largest absolute Gasteiger partial charge is 0.458 e. The Kier molecular flexibility index (Phi) is 6.73. The summed E-state index contributed by atoms with van der Waals surface area (Å²) >= 11 is 0. The molecule has 3 rings (SSSR count). The van der Waals surface area contributed by atoms with Gasteiger partial charge in [-0.1, -0.05) is 49.7 Å². The van der Waals surface area contributed by atoms with Gasteiger partial charge in [-0.2, -0.15) is 5.10 Å². The highest BCUT2D eigenvalue weighted by atomic mass is 16.6. The average Bonchev–Trinajstić information content (AvgIpc) is 2.76. The van der Waals surface area contributed by atoms with E-state index in [9.17, 15) is 14.4 Å². The Balaban J connectivity index is 1.69. The van der Waals surface area contributed by atoms with Gasteiger partial charge in [-0.05, 0) is 24.6 Å². The molecule has 0 aliphatic heterocycles. The molecule has 0 N–H and O–H groups in total. The number of benzene rings is 2. The van der Waals surface area contributed by atoms with Gasteiger partial charge in [0.15, 0.2) is 5.69 Å². The number of aryl methyl sites for hydroxylation is 1. The first kappa shape index (κ1) is 20.3. The summed E-state index contributed by atoms with van der Waals surface area (Å²) in [6, 6.07) is 15.4. The first-order valence-electron chi connectivity index (χ1n) is 9.51. The molecular formula is C22H22N2O5. The highest BCUT2D eigenvalue weighted by Crippen LogP contribution is 2.14. The zero-order valence-electron chi connectivity index (χ0n) is 16.2. The lowest BCUT2D eigenvalue weighted by atomic mass is 10.1. The standard InChI is InChI=1S/C22H22N2O5/c1-2-3-13-24-20(25)18-12-8-7-11-17(18)19(23-24)22(27)29-15-14-28-21(26)16-9-5-4-6-10-16/h4-12H,2-3,13-15H2,1H3. The van der Waals surface area contributed by atoms with Crippen molar-refractivity contribution in [3.63, 3.8) is 0 Å². The van der Waals surface area contributed by atoms with Crippen LogP contribution in [0, 0.1) is 0 Å². The van der Waals surface area contributed by atoms with Gasteiger partial charge in [0.2, 0.25) is 0 Å². The fraction of sp³-hybridized carbons (Fsp3) is 0.273. The molecular weight excluding hydrogens is 372 g/mol. The first-order valence-corrected chi connectivity index (χ1v) is 9.51. The van der Waals surface area contributed by atoms with Crippen LogP contribution in [0.5, 0.6) is 0 Å². The summed E-state index contributed by atoms with van der Waals surface area (Å²) in [5.41, 5.74) is 0.266. The molecule has 7 nitrogen and oxygen atoms in total. The maximum atomic E-state index is 12.6. The Labute approximate surface area is 167 Å². The fourth-order valence-electron chi connectivity index (χ4n) is 2.84. The predicted octanol–water partition coefficient (Wildman–Crippen LogP) is 3.21. The van der Waals surface area contributed by atoms with Gasteiger partial charge in [0.1, 0.15) is 13.2 Å². The van der Waals surface area contributed by atoms with Gasteiger partial charge in [0.25, 0.3) is 5.56 Å². The van der Waals surface area contributed by atoms with E-state index in [1.807, 2.05) is 6.92 Å². The van der Waals surface area contributed by atoms with Crippen molar-refractivity contribution in [2.75, 3.05) is 13.2 Å². The van der Waals surface area contributed by atoms with E-state index in [2.05, 4.69) is 5.10 Å². The van der Waals surface area contributed by atoms with Crippen molar-refractivity contribution >= 4 is 22.7 Å². The lowest BCUT2D eigenvalue weighted by Gasteiger charge is -2.11. The maximum Gasteiger partial charge on any atom is 0.359 e. The van der Waals surface area contributed by atoms with E-state index in [1.165, 1.54) is 4.68 Å². The normalized spacial score (nSPS) is 10.7. The first-order chi connectivity index (χ1) is 14.1. The predicted molar refractivity (Wildman–Crippen MR) is 108 cm³/mol. The van der Waals surface area contributed by atoms with Gasteiger partial charge in [0, 0.05) is 11.9 Å². The lowest BCUT2D eigenvalue weighted by Crippen LogP contribution is -2.27. The van der Waals surface area contributed by atoms with Gasteiger partial charge >= 0.3 is 11.9 Å². The van der Waals surface area contributed by atoms with Crippen LogP contribution >= 0.6 is 0 Å². The van der Waals surface area contributed by atoms with Crippen molar-refractivity contribution in [1.29, 1.82) is 0 Å². The summed E-state index contributed by atoms with van der Waals surface area (Å²) in [5.74, 6) is -1.15. The Morgan fingerprint density at radius 3 is 2.21 bits per heavy atom. The number of carbonyl (C=O) groups is 2. The summed E-state index contributed by atoms with van der Waals surface area (Å²) in [6.45, 7) is 2.25. The molecule has 0 radical (unpaired) electrons. The van der Waals surface area contributed by atoms with Crippen molar-refractivity contribution < 1.29 is 19.1 Å².